The van der Waals surface area contributed by atoms with Crippen LogP contribution in [-0.4, -0.2) is 18.4 Å². The van der Waals surface area contributed by atoms with Crippen molar-refractivity contribution in [2.24, 2.45) is 5.73 Å². The van der Waals surface area contributed by atoms with Gasteiger partial charge in [0.1, 0.15) is 5.75 Å². The van der Waals surface area contributed by atoms with E-state index in [1.54, 1.807) is 0 Å². The van der Waals surface area contributed by atoms with Crippen molar-refractivity contribution in [1.82, 2.24) is 0 Å². The summed E-state index contributed by atoms with van der Waals surface area (Å²) in [6, 6.07) is 8.23. The van der Waals surface area contributed by atoms with Gasteiger partial charge in [0.15, 0.2) is 0 Å². The van der Waals surface area contributed by atoms with Gasteiger partial charge in [-0.15, -0.1) is 11.8 Å². The van der Waals surface area contributed by atoms with Crippen LogP contribution < -0.4 is 10.5 Å². The summed E-state index contributed by atoms with van der Waals surface area (Å²) in [6.45, 7) is 5.76. The summed E-state index contributed by atoms with van der Waals surface area (Å²) in [5, 5.41) is 0.619. The van der Waals surface area contributed by atoms with Gasteiger partial charge in [0.05, 0.1) is 6.61 Å². The van der Waals surface area contributed by atoms with E-state index in [1.807, 2.05) is 23.9 Å². The third kappa shape index (κ3) is 5.09. The van der Waals surface area contributed by atoms with Crippen LogP contribution >= 0.6 is 11.8 Å². The second-order valence-electron chi connectivity index (χ2n) is 3.63. The zero-order valence-electron chi connectivity index (χ0n) is 9.40. The van der Waals surface area contributed by atoms with E-state index < -0.39 is 0 Å². The van der Waals surface area contributed by atoms with E-state index in [0.717, 1.165) is 12.2 Å². The zero-order valence-corrected chi connectivity index (χ0v) is 10.2. The lowest BCUT2D eigenvalue weighted by molar-refractivity contribution is 0.313. The molecular formula is C12H19NOS. The van der Waals surface area contributed by atoms with Crippen molar-refractivity contribution in [2.45, 2.75) is 30.4 Å². The first-order valence-electron chi connectivity index (χ1n) is 5.32. The van der Waals surface area contributed by atoms with Gasteiger partial charge in [-0.3, -0.25) is 0 Å². The maximum atomic E-state index is 5.52. The molecule has 84 valence electrons. The van der Waals surface area contributed by atoms with Gasteiger partial charge in [0.25, 0.3) is 0 Å². The molecule has 0 saturated heterocycles. The highest BCUT2D eigenvalue weighted by Gasteiger charge is 1.98. The fourth-order valence-electron chi connectivity index (χ4n) is 1.16. The Kier molecular flexibility index (Phi) is 5.58. The van der Waals surface area contributed by atoms with Gasteiger partial charge >= 0.3 is 0 Å². The maximum absolute atomic E-state index is 5.52. The highest BCUT2D eigenvalue weighted by atomic mass is 32.2. The summed E-state index contributed by atoms with van der Waals surface area (Å²) < 4.78 is 5.52. The Morgan fingerprint density at radius 1 is 1.27 bits per heavy atom. The van der Waals surface area contributed by atoms with Gasteiger partial charge in [0, 0.05) is 10.1 Å². The van der Waals surface area contributed by atoms with E-state index in [1.165, 1.54) is 4.90 Å². The smallest absolute Gasteiger partial charge is 0.119 e. The number of nitrogens with two attached hydrogens (primary N) is 1. The maximum Gasteiger partial charge on any atom is 0.119 e. The highest BCUT2D eigenvalue weighted by Crippen LogP contribution is 2.24. The van der Waals surface area contributed by atoms with Crippen molar-refractivity contribution in [1.29, 1.82) is 0 Å². The number of benzene rings is 1. The van der Waals surface area contributed by atoms with Crippen LogP contribution in [0.5, 0.6) is 5.75 Å². The molecule has 0 aliphatic rings. The van der Waals surface area contributed by atoms with Crippen LogP contribution in [0.4, 0.5) is 0 Å². The summed E-state index contributed by atoms with van der Waals surface area (Å²) in [7, 11) is 0. The van der Waals surface area contributed by atoms with E-state index in [4.69, 9.17) is 10.5 Å². The summed E-state index contributed by atoms with van der Waals surface area (Å²) >= 11 is 1.86. The number of hydrogen-bond donors (Lipinski definition) is 1. The van der Waals surface area contributed by atoms with Crippen LogP contribution in [0.3, 0.4) is 0 Å². The minimum atomic E-state index is 0.619. The fraction of sp³-hybridized carbons (Fsp3) is 0.500. The lowest BCUT2D eigenvalue weighted by atomic mass is 10.3. The van der Waals surface area contributed by atoms with Crippen molar-refractivity contribution >= 4 is 11.8 Å². The van der Waals surface area contributed by atoms with E-state index in [2.05, 4.69) is 26.0 Å². The molecule has 0 unspecified atom stereocenters. The van der Waals surface area contributed by atoms with Crippen molar-refractivity contribution in [3.63, 3.8) is 0 Å². The normalized spacial score (nSPS) is 10.7. The Labute approximate surface area is 96.2 Å². The molecule has 0 aliphatic carbocycles. The minimum Gasteiger partial charge on any atom is -0.494 e. The minimum absolute atomic E-state index is 0.619. The predicted molar refractivity (Wildman–Crippen MR) is 66.6 cm³/mol. The van der Waals surface area contributed by atoms with E-state index >= 15 is 0 Å². The molecule has 0 radical (unpaired) electrons. The molecule has 0 fully saturated rings. The Morgan fingerprint density at radius 2 is 1.93 bits per heavy atom. The average molecular weight is 225 g/mol. The second kappa shape index (κ2) is 6.75. The number of hydrogen-bond acceptors (Lipinski definition) is 3. The van der Waals surface area contributed by atoms with Gasteiger partial charge in [-0.1, -0.05) is 13.8 Å². The fourth-order valence-corrected chi connectivity index (χ4v) is 2.00. The first-order valence-corrected chi connectivity index (χ1v) is 6.20. The molecule has 0 atom stereocenters. The highest BCUT2D eigenvalue weighted by molar-refractivity contribution is 7.99. The molecule has 0 heterocycles. The van der Waals surface area contributed by atoms with Crippen molar-refractivity contribution in [3.05, 3.63) is 24.3 Å². The first kappa shape index (κ1) is 12.4. The van der Waals surface area contributed by atoms with E-state index in [9.17, 15) is 0 Å². The summed E-state index contributed by atoms with van der Waals surface area (Å²) in [4.78, 5) is 1.29. The van der Waals surface area contributed by atoms with Crippen LogP contribution in [-0.2, 0) is 0 Å². The molecule has 0 bridgehead atoms. The average Bonchev–Trinajstić information content (AvgIpc) is 2.20. The molecule has 2 nitrogen and oxygen atoms in total. The molecule has 1 rings (SSSR count). The summed E-state index contributed by atoms with van der Waals surface area (Å²) in [6.07, 6.45) is 0.905. The second-order valence-corrected chi connectivity index (χ2v) is 5.28. The van der Waals surface area contributed by atoms with E-state index in [-0.39, 0.29) is 0 Å². The van der Waals surface area contributed by atoms with Crippen LogP contribution in [0.2, 0.25) is 0 Å². The molecule has 0 spiro atoms. The predicted octanol–water partition coefficient (Wildman–Crippen LogP) is 2.91. The van der Waals surface area contributed by atoms with Gasteiger partial charge < -0.3 is 10.5 Å². The number of rotatable bonds is 6. The molecule has 3 heteroatoms. The zero-order chi connectivity index (χ0) is 11.1. The largest absolute Gasteiger partial charge is 0.494 e. The Hall–Kier alpha value is -0.670. The molecular weight excluding hydrogens is 206 g/mol. The molecule has 0 amide bonds. The monoisotopic (exact) mass is 225 g/mol. The molecule has 1 aromatic carbocycles. The number of thioether (sulfide) groups is 1. The standard InChI is InChI=1S/C12H19NOS/c1-10(2)15-12-6-4-11(5-7-12)14-9-3-8-13/h4-7,10H,3,8-9,13H2,1-2H3. The van der Waals surface area contributed by atoms with Crippen molar-refractivity contribution in [3.8, 4) is 5.75 Å². The van der Waals surface area contributed by atoms with Crippen LogP contribution in [0, 0.1) is 0 Å². The van der Waals surface area contributed by atoms with Gasteiger partial charge in [-0.05, 0) is 37.2 Å². The topological polar surface area (TPSA) is 35.2 Å². The van der Waals surface area contributed by atoms with Crippen LogP contribution in [0.25, 0.3) is 0 Å². The molecule has 15 heavy (non-hydrogen) atoms. The van der Waals surface area contributed by atoms with Crippen molar-refractivity contribution < 1.29 is 4.74 Å². The Morgan fingerprint density at radius 3 is 2.47 bits per heavy atom. The van der Waals surface area contributed by atoms with Crippen molar-refractivity contribution in [2.75, 3.05) is 13.2 Å². The van der Waals surface area contributed by atoms with E-state index in [0.29, 0.717) is 18.4 Å². The van der Waals surface area contributed by atoms with Crippen LogP contribution in [0.15, 0.2) is 29.2 Å². The lowest BCUT2D eigenvalue weighted by Crippen LogP contribution is -2.05. The molecule has 2 N–H and O–H groups in total. The molecule has 1 aromatic rings. The summed E-state index contributed by atoms with van der Waals surface area (Å²) in [5.74, 6) is 0.927. The number of ether oxygens (including phenoxy) is 1. The SMILES string of the molecule is CC(C)Sc1ccc(OCCCN)cc1. The van der Waals surface area contributed by atoms with Crippen LogP contribution in [0.1, 0.15) is 20.3 Å². The summed E-state index contributed by atoms with van der Waals surface area (Å²) in [5.41, 5.74) is 5.39. The lowest BCUT2D eigenvalue weighted by Gasteiger charge is -2.07. The third-order valence-electron chi connectivity index (χ3n) is 1.81. The molecule has 0 aliphatic heterocycles. The Bertz CT molecular complexity index is 271. The quantitative estimate of drug-likeness (QED) is 0.597. The Balaban J connectivity index is 2.42. The van der Waals surface area contributed by atoms with Gasteiger partial charge in [-0.25, -0.2) is 0 Å². The molecule has 0 saturated carbocycles. The van der Waals surface area contributed by atoms with Gasteiger partial charge in [-0.2, -0.15) is 0 Å². The molecule has 0 aromatic heterocycles. The third-order valence-corrected chi connectivity index (χ3v) is 2.83. The van der Waals surface area contributed by atoms with Gasteiger partial charge in [0.2, 0.25) is 0 Å². The first-order chi connectivity index (χ1) is 7.22.